The van der Waals surface area contributed by atoms with E-state index >= 15 is 0 Å². The van der Waals surface area contributed by atoms with Crippen molar-refractivity contribution in [3.05, 3.63) is 125 Å². The fourth-order valence-electron chi connectivity index (χ4n) is 4.77. The molecule has 0 spiro atoms. The molecule has 0 aliphatic rings. The van der Waals surface area contributed by atoms with Crippen molar-refractivity contribution < 1.29 is 0 Å². The third-order valence-corrected chi connectivity index (χ3v) is 6.80. The number of nitrogen functional groups attached to an aromatic ring is 1. The maximum atomic E-state index is 13.0. The summed E-state index contributed by atoms with van der Waals surface area (Å²) in [5, 5.41) is 2.34. The molecule has 6 aromatic rings. The first kappa shape index (κ1) is 21.8. The number of hydrogen-bond donors (Lipinski definition) is 1. The minimum Gasteiger partial charge on any atom is -0.369 e. The lowest BCUT2D eigenvalue weighted by molar-refractivity contribution is 0.656. The van der Waals surface area contributed by atoms with Gasteiger partial charge in [-0.05, 0) is 46.0 Å². The number of anilines is 1. The number of nitrogens with two attached hydrogens (primary N) is 1. The van der Waals surface area contributed by atoms with Gasteiger partial charge in [-0.25, -0.2) is 4.98 Å². The highest BCUT2D eigenvalue weighted by Gasteiger charge is 2.19. The van der Waals surface area contributed by atoms with Gasteiger partial charge >= 0.3 is 5.56 Å². The van der Waals surface area contributed by atoms with Crippen molar-refractivity contribution >= 4 is 27.9 Å². The van der Waals surface area contributed by atoms with Crippen molar-refractivity contribution in [2.24, 2.45) is 0 Å². The van der Waals surface area contributed by atoms with E-state index in [-0.39, 0.29) is 17.5 Å². The number of hydrogen-bond acceptors (Lipinski definition) is 4. The largest absolute Gasteiger partial charge is 0.369 e. The van der Waals surface area contributed by atoms with Crippen LogP contribution in [0.1, 0.15) is 24.1 Å². The summed E-state index contributed by atoms with van der Waals surface area (Å²) in [6, 6.07) is 33.1. The van der Waals surface area contributed by atoms with Gasteiger partial charge in [-0.1, -0.05) is 91.0 Å². The second kappa shape index (κ2) is 8.82. The number of rotatable bonds is 5. The maximum absolute atomic E-state index is 13.0. The number of nitrogens with zero attached hydrogens (tertiary/aromatic N) is 4. The Balaban J connectivity index is 1.37. The summed E-state index contributed by atoms with van der Waals surface area (Å²) >= 11 is 0. The van der Waals surface area contributed by atoms with E-state index in [0.717, 1.165) is 27.6 Å². The Morgan fingerprint density at radius 1 is 0.833 bits per heavy atom. The predicted octanol–water partition coefficient (Wildman–Crippen LogP) is 5.65. The molecule has 36 heavy (non-hydrogen) atoms. The first-order chi connectivity index (χ1) is 17.6. The zero-order valence-corrected chi connectivity index (χ0v) is 19.9. The average Bonchev–Trinajstić information content (AvgIpc) is 3.37. The van der Waals surface area contributed by atoms with Gasteiger partial charge < -0.3 is 10.3 Å². The Hall–Kier alpha value is -4.71. The lowest BCUT2D eigenvalue weighted by Gasteiger charge is -2.16. The molecule has 2 heterocycles. The maximum Gasteiger partial charge on any atom is 0.300 e. The summed E-state index contributed by atoms with van der Waals surface area (Å²) in [6.45, 7) is 2.53. The third kappa shape index (κ3) is 3.82. The second-order valence-corrected chi connectivity index (χ2v) is 9.03. The van der Waals surface area contributed by atoms with Crippen LogP contribution in [0.3, 0.4) is 0 Å². The molecule has 0 amide bonds. The first-order valence-electron chi connectivity index (χ1n) is 11.9. The van der Waals surface area contributed by atoms with Crippen molar-refractivity contribution in [3.63, 3.8) is 0 Å². The highest BCUT2D eigenvalue weighted by Crippen LogP contribution is 2.26. The molecule has 6 nitrogen and oxygen atoms in total. The van der Waals surface area contributed by atoms with E-state index in [1.807, 2.05) is 34.9 Å². The van der Waals surface area contributed by atoms with Gasteiger partial charge in [0.15, 0.2) is 11.2 Å². The molecule has 2 N–H and O–H groups in total. The minimum absolute atomic E-state index is 0.101. The molecule has 0 bridgehead atoms. The van der Waals surface area contributed by atoms with Crippen LogP contribution < -0.4 is 11.3 Å². The normalized spacial score (nSPS) is 12.2. The molecule has 2 aromatic heterocycles. The van der Waals surface area contributed by atoms with E-state index in [2.05, 4.69) is 83.6 Å². The highest BCUT2D eigenvalue weighted by atomic mass is 16.1. The van der Waals surface area contributed by atoms with Gasteiger partial charge in [0.25, 0.3) is 0 Å². The molecule has 0 radical (unpaired) electrons. The molecule has 0 aliphatic heterocycles. The van der Waals surface area contributed by atoms with Crippen LogP contribution in [-0.2, 0) is 6.54 Å². The Kier molecular flexibility index (Phi) is 5.34. The second-order valence-electron chi connectivity index (χ2n) is 9.03. The summed E-state index contributed by atoms with van der Waals surface area (Å²) in [5.41, 5.74) is 11.3. The summed E-state index contributed by atoms with van der Waals surface area (Å²) < 4.78 is 3.70. The van der Waals surface area contributed by atoms with E-state index in [9.17, 15) is 4.79 Å². The number of benzene rings is 4. The van der Waals surface area contributed by atoms with E-state index in [4.69, 9.17) is 5.73 Å². The number of fused-ring (bicyclic) bond motifs is 2. The molecule has 176 valence electrons. The quantitative estimate of drug-likeness (QED) is 0.352. The van der Waals surface area contributed by atoms with Crippen LogP contribution >= 0.6 is 0 Å². The van der Waals surface area contributed by atoms with Crippen LogP contribution in [0.2, 0.25) is 0 Å². The Bertz CT molecular complexity index is 1750. The zero-order valence-electron chi connectivity index (χ0n) is 19.9. The van der Waals surface area contributed by atoms with Crippen molar-refractivity contribution in [3.8, 4) is 11.1 Å². The predicted molar refractivity (Wildman–Crippen MR) is 145 cm³/mol. The molecule has 6 rings (SSSR count). The van der Waals surface area contributed by atoms with Crippen LogP contribution in [0.5, 0.6) is 0 Å². The number of imidazole rings is 1. The molecule has 6 heteroatoms. The molecule has 0 saturated carbocycles. The van der Waals surface area contributed by atoms with Gasteiger partial charge in [-0.3, -0.25) is 9.36 Å². The minimum atomic E-state index is -0.372. The summed E-state index contributed by atoms with van der Waals surface area (Å²) in [7, 11) is 0. The lowest BCUT2D eigenvalue weighted by atomic mass is 10.0. The number of aromatic nitrogens is 4. The van der Waals surface area contributed by atoms with E-state index in [0.29, 0.717) is 17.7 Å². The SMILES string of the molecule is CC(c1ccc2ccccc2c1)n1cnc2c1c(=O)nc(N)n2Cc1ccc(-c2ccccc2)cc1. The van der Waals surface area contributed by atoms with Gasteiger partial charge in [-0.2, -0.15) is 4.98 Å². The van der Waals surface area contributed by atoms with Crippen molar-refractivity contribution in [1.82, 2.24) is 19.1 Å². The summed E-state index contributed by atoms with van der Waals surface area (Å²) in [6.07, 6.45) is 1.71. The molecule has 0 fully saturated rings. The van der Waals surface area contributed by atoms with Crippen molar-refractivity contribution in [2.45, 2.75) is 19.5 Å². The van der Waals surface area contributed by atoms with Gasteiger partial charge in [0, 0.05) is 0 Å². The fourth-order valence-corrected chi connectivity index (χ4v) is 4.77. The molecule has 4 aromatic carbocycles. The monoisotopic (exact) mass is 471 g/mol. The van der Waals surface area contributed by atoms with E-state index < -0.39 is 0 Å². The van der Waals surface area contributed by atoms with Gasteiger partial charge in [-0.15, -0.1) is 0 Å². The average molecular weight is 472 g/mol. The van der Waals surface area contributed by atoms with Gasteiger partial charge in [0.2, 0.25) is 5.95 Å². The molecule has 1 atom stereocenters. The van der Waals surface area contributed by atoms with Crippen LogP contribution in [0.25, 0.3) is 33.1 Å². The summed E-state index contributed by atoms with van der Waals surface area (Å²) in [5.74, 6) is 0.156. The van der Waals surface area contributed by atoms with E-state index in [1.54, 1.807) is 10.9 Å². The highest BCUT2D eigenvalue weighted by molar-refractivity contribution is 5.83. The van der Waals surface area contributed by atoms with Gasteiger partial charge in [0.1, 0.15) is 0 Å². The Morgan fingerprint density at radius 2 is 1.53 bits per heavy atom. The van der Waals surface area contributed by atoms with Crippen LogP contribution in [-0.4, -0.2) is 19.1 Å². The standard InChI is InChI=1S/C30H25N5O/c1-20(25-16-15-23-9-5-6-10-26(23)17-25)35-19-32-28-27(35)29(36)33-30(31)34(28)18-21-11-13-24(14-12-21)22-7-3-2-4-8-22/h2-17,19-20H,18H2,1H3,(H2,31,33,36). The van der Waals surface area contributed by atoms with Gasteiger partial charge in [0.05, 0.1) is 18.9 Å². The lowest BCUT2D eigenvalue weighted by Crippen LogP contribution is -2.21. The molecular formula is C30H25N5O. The van der Waals surface area contributed by atoms with E-state index in [1.165, 1.54) is 5.39 Å². The van der Waals surface area contributed by atoms with Crippen LogP contribution in [0, 0.1) is 0 Å². The smallest absolute Gasteiger partial charge is 0.300 e. The molecule has 1 unspecified atom stereocenters. The third-order valence-electron chi connectivity index (χ3n) is 6.80. The fraction of sp³-hybridized carbons (Fsp3) is 0.100. The Labute approximate surface area is 208 Å². The zero-order chi connectivity index (χ0) is 24.6. The van der Waals surface area contributed by atoms with Crippen molar-refractivity contribution in [1.29, 1.82) is 0 Å². The molecule has 0 saturated heterocycles. The van der Waals surface area contributed by atoms with Crippen LogP contribution in [0.4, 0.5) is 5.95 Å². The van der Waals surface area contributed by atoms with Crippen LogP contribution in [0.15, 0.2) is 108 Å². The molecular weight excluding hydrogens is 446 g/mol. The topological polar surface area (TPSA) is 78.7 Å². The summed E-state index contributed by atoms with van der Waals surface area (Å²) in [4.78, 5) is 21.7. The molecule has 0 aliphatic carbocycles. The Morgan fingerprint density at radius 3 is 2.31 bits per heavy atom. The first-order valence-corrected chi connectivity index (χ1v) is 11.9. The van der Waals surface area contributed by atoms with Crippen molar-refractivity contribution in [2.75, 3.05) is 5.73 Å².